The summed E-state index contributed by atoms with van der Waals surface area (Å²) in [5.41, 5.74) is 0.698. The van der Waals surface area contributed by atoms with Gasteiger partial charge in [-0.1, -0.05) is 12.1 Å². The SMILES string of the molecule is NS(=O)(=O)c1ccc(CNC(=O)OCCO)cc1. The molecule has 0 aliphatic carbocycles. The maximum Gasteiger partial charge on any atom is 0.407 e. The van der Waals surface area contributed by atoms with Crippen molar-refractivity contribution in [1.29, 1.82) is 0 Å². The summed E-state index contributed by atoms with van der Waals surface area (Å²) in [6.45, 7) is -0.123. The van der Waals surface area contributed by atoms with Crippen LogP contribution in [0.15, 0.2) is 29.2 Å². The van der Waals surface area contributed by atoms with E-state index in [1.807, 2.05) is 0 Å². The van der Waals surface area contributed by atoms with Crippen LogP contribution in [0.1, 0.15) is 5.56 Å². The van der Waals surface area contributed by atoms with Gasteiger partial charge in [0.25, 0.3) is 0 Å². The average molecular weight is 274 g/mol. The number of carbonyl (C=O) groups is 1. The molecule has 0 saturated carbocycles. The Kier molecular flexibility index (Phi) is 5.08. The molecule has 0 bridgehead atoms. The van der Waals surface area contributed by atoms with Gasteiger partial charge in [-0.05, 0) is 17.7 Å². The number of aliphatic hydroxyl groups excluding tert-OH is 1. The van der Waals surface area contributed by atoms with Gasteiger partial charge in [-0.3, -0.25) is 0 Å². The summed E-state index contributed by atoms with van der Waals surface area (Å²) in [5, 5.41) is 15.8. The number of primary sulfonamides is 1. The molecule has 8 heteroatoms. The fourth-order valence-electron chi connectivity index (χ4n) is 1.16. The number of nitrogens with two attached hydrogens (primary N) is 1. The predicted octanol–water partition coefficient (Wildman–Crippen LogP) is -0.447. The maximum absolute atomic E-state index is 11.0. The lowest BCUT2D eigenvalue weighted by atomic mass is 10.2. The summed E-state index contributed by atoms with van der Waals surface area (Å²) in [5.74, 6) is 0. The second-order valence-corrected chi connectivity index (χ2v) is 4.96. The summed E-state index contributed by atoms with van der Waals surface area (Å²) in [4.78, 5) is 11.0. The molecule has 0 radical (unpaired) electrons. The highest BCUT2D eigenvalue weighted by Gasteiger charge is 2.07. The van der Waals surface area contributed by atoms with Crippen molar-refractivity contribution in [3.8, 4) is 0 Å². The van der Waals surface area contributed by atoms with Gasteiger partial charge in [0.05, 0.1) is 11.5 Å². The molecule has 1 rings (SSSR count). The molecule has 1 amide bonds. The van der Waals surface area contributed by atoms with Gasteiger partial charge in [0.2, 0.25) is 10.0 Å². The molecule has 0 unspecified atom stereocenters. The van der Waals surface area contributed by atoms with Crippen LogP contribution in [-0.2, 0) is 21.3 Å². The van der Waals surface area contributed by atoms with Crippen molar-refractivity contribution in [2.24, 2.45) is 5.14 Å². The Hall–Kier alpha value is -1.64. The van der Waals surface area contributed by atoms with Gasteiger partial charge in [-0.25, -0.2) is 18.4 Å². The number of nitrogens with one attached hydrogen (secondary N) is 1. The standard InChI is InChI=1S/C10H14N2O5S/c11-18(15,16)9-3-1-8(2-4-9)7-12-10(14)17-6-5-13/h1-4,13H,5-7H2,(H,12,14)(H2,11,15,16). The van der Waals surface area contributed by atoms with Crippen LogP contribution in [0.3, 0.4) is 0 Å². The molecule has 1 aromatic carbocycles. The highest BCUT2D eigenvalue weighted by atomic mass is 32.2. The second kappa shape index (κ2) is 6.34. The van der Waals surface area contributed by atoms with Gasteiger partial charge < -0.3 is 15.2 Å². The zero-order valence-corrected chi connectivity index (χ0v) is 10.3. The first-order valence-electron chi connectivity index (χ1n) is 5.06. The van der Waals surface area contributed by atoms with Crippen LogP contribution < -0.4 is 10.5 Å². The quantitative estimate of drug-likeness (QED) is 0.672. The number of ether oxygens (including phenoxy) is 1. The van der Waals surface area contributed by atoms with Crippen LogP contribution in [0.4, 0.5) is 4.79 Å². The number of hydrogen-bond donors (Lipinski definition) is 3. The molecular formula is C10H14N2O5S. The summed E-state index contributed by atoms with van der Waals surface area (Å²) >= 11 is 0. The van der Waals surface area contributed by atoms with E-state index in [9.17, 15) is 13.2 Å². The van der Waals surface area contributed by atoms with Crippen LogP contribution in [0.25, 0.3) is 0 Å². The molecule has 1 aromatic rings. The van der Waals surface area contributed by atoms with E-state index in [1.54, 1.807) is 0 Å². The van der Waals surface area contributed by atoms with E-state index in [4.69, 9.17) is 10.2 Å². The number of hydrogen-bond acceptors (Lipinski definition) is 5. The monoisotopic (exact) mass is 274 g/mol. The number of carbonyl (C=O) groups excluding carboxylic acids is 1. The van der Waals surface area contributed by atoms with E-state index < -0.39 is 16.1 Å². The van der Waals surface area contributed by atoms with Crippen molar-refractivity contribution < 1.29 is 23.1 Å². The number of aliphatic hydroxyl groups is 1. The zero-order valence-electron chi connectivity index (χ0n) is 9.50. The first-order chi connectivity index (χ1) is 8.43. The molecule has 0 atom stereocenters. The molecular weight excluding hydrogens is 260 g/mol. The lowest BCUT2D eigenvalue weighted by Gasteiger charge is -2.06. The van der Waals surface area contributed by atoms with E-state index in [-0.39, 0.29) is 24.7 Å². The normalized spacial score (nSPS) is 11.0. The fraction of sp³-hybridized carbons (Fsp3) is 0.300. The van der Waals surface area contributed by atoms with Crippen molar-refractivity contribution in [3.63, 3.8) is 0 Å². The molecule has 0 saturated heterocycles. The average Bonchev–Trinajstić information content (AvgIpc) is 2.33. The van der Waals surface area contributed by atoms with E-state index >= 15 is 0 Å². The van der Waals surface area contributed by atoms with Gasteiger partial charge in [-0.2, -0.15) is 0 Å². The maximum atomic E-state index is 11.0. The van der Waals surface area contributed by atoms with Crippen molar-refractivity contribution in [2.75, 3.05) is 13.2 Å². The smallest absolute Gasteiger partial charge is 0.407 e. The highest BCUT2D eigenvalue weighted by molar-refractivity contribution is 7.89. The molecule has 0 aliphatic heterocycles. The van der Waals surface area contributed by atoms with Crippen molar-refractivity contribution in [3.05, 3.63) is 29.8 Å². The Morgan fingerprint density at radius 1 is 1.33 bits per heavy atom. The van der Waals surface area contributed by atoms with Gasteiger partial charge in [0.15, 0.2) is 0 Å². The van der Waals surface area contributed by atoms with Crippen LogP contribution in [0, 0.1) is 0 Å². The van der Waals surface area contributed by atoms with Crippen molar-refractivity contribution >= 4 is 16.1 Å². The summed E-state index contributed by atoms with van der Waals surface area (Å²) in [7, 11) is -3.70. The third-order valence-corrected chi connectivity index (χ3v) is 2.94. The van der Waals surface area contributed by atoms with Gasteiger partial charge in [0, 0.05) is 6.54 Å². The Labute approximate surface area is 105 Å². The Morgan fingerprint density at radius 2 is 1.94 bits per heavy atom. The highest BCUT2D eigenvalue weighted by Crippen LogP contribution is 2.08. The first kappa shape index (κ1) is 14.4. The van der Waals surface area contributed by atoms with E-state index in [1.165, 1.54) is 24.3 Å². The van der Waals surface area contributed by atoms with Crippen LogP contribution in [0.5, 0.6) is 0 Å². The van der Waals surface area contributed by atoms with E-state index in [2.05, 4.69) is 10.1 Å². The molecule has 4 N–H and O–H groups in total. The summed E-state index contributed by atoms with van der Waals surface area (Å²) < 4.78 is 26.6. The van der Waals surface area contributed by atoms with Crippen LogP contribution in [-0.4, -0.2) is 32.8 Å². The molecule has 0 heterocycles. The molecule has 100 valence electrons. The van der Waals surface area contributed by atoms with E-state index in [0.29, 0.717) is 5.56 Å². The second-order valence-electron chi connectivity index (χ2n) is 3.40. The third kappa shape index (κ3) is 4.70. The van der Waals surface area contributed by atoms with Crippen molar-refractivity contribution in [1.82, 2.24) is 5.32 Å². The van der Waals surface area contributed by atoms with Gasteiger partial charge in [-0.15, -0.1) is 0 Å². The number of sulfonamides is 1. The van der Waals surface area contributed by atoms with Crippen LogP contribution >= 0.6 is 0 Å². The minimum atomic E-state index is -3.70. The van der Waals surface area contributed by atoms with Gasteiger partial charge >= 0.3 is 6.09 Å². The lowest BCUT2D eigenvalue weighted by molar-refractivity contribution is 0.119. The largest absolute Gasteiger partial charge is 0.447 e. The van der Waals surface area contributed by atoms with Crippen LogP contribution in [0.2, 0.25) is 0 Å². The number of amides is 1. The fourth-order valence-corrected chi connectivity index (χ4v) is 1.68. The Morgan fingerprint density at radius 3 is 2.44 bits per heavy atom. The molecule has 0 spiro atoms. The topological polar surface area (TPSA) is 119 Å². The summed E-state index contributed by atoms with van der Waals surface area (Å²) in [6, 6.07) is 5.77. The minimum Gasteiger partial charge on any atom is -0.447 e. The molecule has 7 nitrogen and oxygen atoms in total. The molecule has 0 aliphatic rings. The third-order valence-electron chi connectivity index (χ3n) is 2.01. The minimum absolute atomic E-state index is 0.00843. The number of benzene rings is 1. The molecule has 0 fully saturated rings. The molecule has 0 aromatic heterocycles. The number of rotatable bonds is 5. The van der Waals surface area contributed by atoms with E-state index in [0.717, 1.165) is 0 Å². The number of alkyl carbamates (subject to hydrolysis) is 1. The lowest BCUT2D eigenvalue weighted by Crippen LogP contribution is -2.24. The Balaban J connectivity index is 2.52. The zero-order chi connectivity index (χ0) is 13.6. The van der Waals surface area contributed by atoms with Gasteiger partial charge in [0.1, 0.15) is 6.61 Å². The first-order valence-corrected chi connectivity index (χ1v) is 6.61. The predicted molar refractivity (Wildman–Crippen MR) is 63.1 cm³/mol. The van der Waals surface area contributed by atoms with Crippen molar-refractivity contribution in [2.45, 2.75) is 11.4 Å². The molecule has 18 heavy (non-hydrogen) atoms. The summed E-state index contributed by atoms with van der Waals surface area (Å²) in [6.07, 6.45) is -0.653. The Bertz CT molecular complexity index is 498.